The number of nitrogens with one attached hydrogen (secondary N) is 4. The van der Waals surface area contributed by atoms with E-state index >= 15 is 0 Å². The SMILES string of the molecule is CCCC(CCC)S(=O)(=O)CC(NC(=O)c1cc(C)[nH]n1)C(=O)N[C@@H](Cc1cc(F)cc(F)c1)[C@H](O)CNCc1cccc(CC)c1.O=C(O)C(F)(F)F. The number of aryl methyl sites for hydroxylation is 2. The number of sulfone groups is 1. The number of alkyl halides is 3. The Morgan fingerprint density at radius 3 is 2.02 bits per heavy atom. The molecule has 0 spiro atoms. The van der Waals surface area contributed by atoms with Gasteiger partial charge in [-0.05, 0) is 67.5 Å². The standard InChI is InChI=1S/C34H47F2N5O5S.C2HF3O2/c1-5-9-28(10-6-2)47(45,46)21-31(39-33(43)30-13-22(4)40-41-30)34(44)38-29(17-25-15-26(35)18-27(36)16-25)32(42)20-37-19-24-12-8-11-23(7-3)14-24;3-2(4,5)1(6)7/h8,11-16,18,28-29,31-32,37,42H,5-7,9-10,17,19-21H2,1-4H3,(H,38,44)(H,39,43)(H,40,41);(H,6,7)/t29-,31?,32+;/m0./s1. The highest BCUT2D eigenvalue weighted by Crippen LogP contribution is 2.18. The number of amides is 2. The maximum absolute atomic E-state index is 14.1. The van der Waals surface area contributed by atoms with Crippen molar-refractivity contribution in [2.45, 2.75) is 102 Å². The molecule has 12 nitrogen and oxygen atoms in total. The summed E-state index contributed by atoms with van der Waals surface area (Å²) in [6.07, 6.45) is -3.61. The second kappa shape index (κ2) is 21.5. The van der Waals surface area contributed by atoms with Gasteiger partial charge in [0.05, 0.1) is 23.1 Å². The number of aliphatic carboxylic acids is 1. The molecule has 3 rings (SSSR count). The van der Waals surface area contributed by atoms with Gasteiger partial charge in [-0.1, -0.05) is 57.9 Å². The van der Waals surface area contributed by atoms with Gasteiger partial charge in [-0.2, -0.15) is 18.3 Å². The van der Waals surface area contributed by atoms with E-state index in [4.69, 9.17) is 9.90 Å². The number of aromatic nitrogens is 2. The van der Waals surface area contributed by atoms with E-state index in [1.807, 2.05) is 45.0 Å². The third-order valence-corrected chi connectivity index (χ3v) is 10.5. The van der Waals surface area contributed by atoms with Crippen LogP contribution in [0.1, 0.15) is 79.3 Å². The zero-order valence-electron chi connectivity index (χ0n) is 30.5. The quantitative estimate of drug-likeness (QED) is 0.0947. The average molecular weight is 790 g/mol. The van der Waals surface area contributed by atoms with E-state index < -0.39 is 74.6 Å². The summed E-state index contributed by atoms with van der Waals surface area (Å²) in [7, 11) is -3.87. The van der Waals surface area contributed by atoms with Gasteiger partial charge in [0.1, 0.15) is 23.4 Å². The fourth-order valence-electron chi connectivity index (χ4n) is 5.48. The highest BCUT2D eigenvalue weighted by molar-refractivity contribution is 7.92. The van der Waals surface area contributed by atoms with Gasteiger partial charge in [-0.15, -0.1) is 0 Å². The summed E-state index contributed by atoms with van der Waals surface area (Å²) in [4.78, 5) is 35.8. The van der Waals surface area contributed by atoms with Crippen molar-refractivity contribution in [1.29, 1.82) is 0 Å². The molecule has 0 saturated carbocycles. The number of halogens is 5. The Morgan fingerprint density at radius 1 is 0.907 bits per heavy atom. The summed E-state index contributed by atoms with van der Waals surface area (Å²) in [5, 5.41) is 32.6. The second-order valence-corrected chi connectivity index (χ2v) is 15.1. The predicted molar refractivity (Wildman–Crippen MR) is 191 cm³/mol. The number of H-pyrrole nitrogens is 1. The lowest BCUT2D eigenvalue weighted by Crippen LogP contribution is -2.57. The highest BCUT2D eigenvalue weighted by atomic mass is 32.2. The van der Waals surface area contributed by atoms with Crippen LogP contribution in [0.25, 0.3) is 0 Å². The number of carboxylic acid groups (broad SMARTS) is 1. The molecular formula is C36H48F5N5O7S. The number of aliphatic hydroxyl groups is 1. The maximum atomic E-state index is 14.1. The van der Waals surface area contributed by atoms with Crippen molar-refractivity contribution in [2.75, 3.05) is 12.3 Å². The van der Waals surface area contributed by atoms with Crippen LogP contribution >= 0.6 is 0 Å². The third-order valence-electron chi connectivity index (χ3n) is 8.18. The van der Waals surface area contributed by atoms with E-state index in [0.29, 0.717) is 37.9 Å². The Balaban J connectivity index is 0.00000131. The molecule has 2 amide bonds. The molecular weight excluding hydrogens is 741 g/mol. The molecule has 300 valence electrons. The molecule has 18 heteroatoms. The molecule has 0 aliphatic carbocycles. The number of hydrogen-bond donors (Lipinski definition) is 6. The van der Waals surface area contributed by atoms with Crippen LogP contribution in [0.5, 0.6) is 0 Å². The molecule has 54 heavy (non-hydrogen) atoms. The number of aromatic amines is 1. The average Bonchev–Trinajstić information content (AvgIpc) is 3.53. The molecule has 1 heterocycles. The molecule has 3 aromatic rings. The van der Waals surface area contributed by atoms with Crippen LogP contribution in [0.15, 0.2) is 48.5 Å². The van der Waals surface area contributed by atoms with Crippen LogP contribution in [0.3, 0.4) is 0 Å². The number of rotatable bonds is 19. The van der Waals surface area contributed by atoms with Crippen LogP contribution in [-0.4, -0.2) is 88.5 Å². The van der Waals surface area contributed by atoms with Gasteiger partial charge in [0, 0.05) is 24.8 Å². The van der Waals surface area contributed by atoms with Gasteiger partial charge in [0.2, 0.25) is 5.91 Å². The molecule has 6 N–H and O–H groups in total. The smallest absolute Gasteiger partial charge is 0.475 e. The first kappa shape index (κ1) is 45.7. The molecule has 1 aromatic heterocycles. The number of benzene rings is 2. The Labute approximate surface area is 311 Å². The number of aliphatic hydroxyl groups excluding tert-OH is 1. The van der Waals surface area contributed by atoms with Crippen molar-refractivity contribution in [2.24, 2.45) is 0 Å². The first-order valence-corrected chi connectivity index (χ1v) is 19.1. The number of hydrogen-bond acceptors (Lipinski definition) is 8. The predicted octanol–water partition coefficient (Wildman–Crippen LogP) is 4.55. The van der Waals surface area contributed by atoms with Crippen LogP contribution in [-0.2, 0) is 38.8 Å². The van der Waals surface area contributed by atoms with Gasteiger partial charge < -0.3 is 26.2 Å². The topological polar surface area (TPSA) is 191 Å². The van der Waals surface area contributed by atoms with Crippen LogP contribution in [0.4, 0.5) is 22.0 Å². The Bertz CT molecular complexity index is 1760. The van der Waals surface area contributed by atoms with E-state index in [1.54, 1.807) is 6.92 Å². The van der Waals surface area contributed by atoms with E-state index in [9.17, 15) is 45.1 Å². The van der Waals surface area contributed by atoms with Crippen molar-refractivity contribution in [3.8, 4) is 0 Å². The minimum absolute atomic E-state index is 0.00393. The van der Waals surface area contributed by atoms with Crippen molar-refractivity contribution >= 4 is 27.6 Å². The number of nitrogens with zero attached hydrogens (tertiary/aromatic N) is 1. The number of carbonyl (C=O) groups is 3. The molecule has 0 aliphatic rings. The zero-order chi connectivity index (χ0) is 40.6. The van der Waals surface area contributed by atoms with Crippen LogP contribution < -0.4 is 16.0 Å². The van der Waals surface area contributed by atoms with Crippen LogP contribution in [0.2, 0.25) is 0 Å². The van der Waals surface area contributed by atoms with Gasteiger partial charge in [0.15, 0.2) is 9.84 Å². The number of carbonyl (C=O) groups excluding carboxylic acids is 2. The summed E-state index contributed by atoms with van der Waals surface area (Å²) >= 11 is 0. The van der Waals surface area contributed by atoms with Gasteiger partial charge >= 0.3 is 12.1 Å². The van der Waals surface area contributed by atoms with Gasteiger partial charge in [0.25, 0.3) is 5.91 Å². The van der Waals surface area contributed by atoms with Crippen LogP contribution in [0, 0.1) is 18.6 Å². The lowest BCUT2D eigenvalue weighted by molar-refractivity contribution is -0.192. The van der Waals surface area contributed by atoms with Gasteiger partial charge in [-0.3, -0.25) is 14.7 Å². The molecule has 0 aliphatic heterocycles. The summed E-state index contributed by atoms with van der Waals surface area (Å²) in [6, 6.07) is 9.66. The van der Waals surface area contributed by atoms with E-state index in [2.05, 4.69) is 26.1 Å². The highest BCUT2D eigenvalue weighted by Gasteiger charge is 2.38. The summed E-state index contributed by atoms with van der Waals surface area (Å²) < 4.78 is 87.0. The molecule has 1 unspecified atom stereocenters. The maximum Gasteiger partial charge on any atom is 0.490 e. The largest absolute Gasteiger partial charge is 0.490 e. The third kappa shape index (κ3) is 15.5. The van der Waals surface area contributed by atoms with Crippen molar-refractivity contribution < 1.29 is 55.0 Å². The van der Waals surface area contributed by atoms with Crippen molar-refractivity contribution in [3.63, 3.8) is 0 Å². The minimum Gasteiger partial charge on any atom is -0.475 e. The molecule has 0 saturated heterocycles. The summed E-state index contributed by atoms with van der Waals surface area (Å²) in [6.45, 7) is 7.89. The first-order valence-electron chi connectivity index (χ1n) is 17.4. The van der Waals surface area contributed by atoms with E-state index in [0.717, 1.165) is 35.7 Å². The molecule has 3 atom stereocenters. The Hall–Kier alpha value is -4.42. The minimum atomic E-state index is -5.08. The lowest BCUT2D eigenvalue weighted by Gasteiger charge is -2.28. The lowest BCUT2D eigenvalue weighted by atomic mass is 10.00. The number of carboxylic acids is 1. The summed E-state index contributed by atoms with van der Waals surface area (Å²) in [5.74, 6) is -6.70. The molecule has 0 radical (unpaired) electrons. The second-order valence-electron chi connectivity index (χ2n) is 12.8. The van der Waals surface area contributed by atoms with Crippen molar-refractivity contribution in [1.82, 2.24) is 26.1 Å². The molecule has 0 fully saturated rings. The normalized spacial score (nSPS) is 13.4. The van der Waals surface area contributed by atoms with E-state index in [1.165, 1.54) is 6.07 Å². The summed E-state index contributed by atoms with van der Waals surface area (Å²) in [5.41, 5.74) is 2.87. The van der Waals surface area contributed by atoms with Gasteiger partial charge in [-0.25, -0.2) is 22.0 Å². The Kier molecular flexibility index (Phi) is 18.2. The zero-order valence-corrected chi connectivity index (χ0v) is 31.3. The Morgan fingerprint density at radius 2 is 1.50 bits per heavy atom. The first-order chi connectivity index (χ1) is 25.3. The fraction of sp³-hybridized carbons (Fsp3) is 0.500. The molecule has 0 bridgehead atoms. The molecule has 2 aromatic carbocycles. The monoisotopic (exact) mass is 789 g/mol. The van der Waals surface area contributed by atoms with Crippen molar-refractivity contribution in [3.05, 3.63) is 88.2 Å². The fourth-order valence-corrected chi connectivity index (χ4v) is 7.64. The van der Waals surface area contributed by atoms with E-state index in [-0.39, 0.29) is 24.2 Å².